The average Bonchev–Trinajstić information content (AvgIpc) is 3.58. The van der Waals surface area contributed by atoms with Gasteiger partial charge < -0.3 is 9.55 Å². The summed E-state index contributed by atoms with van der Waals surface area (Å²) in [5.41, 5.74) is 10.8. The van der Waals surface area contributed by atoms with Crippen molar-refractivity contribution in [1.82, 2.24) is 29.1 Å². The van der Waals surface area contributed by atoms with Crippen LogP contribution in [-0.2, 0) is 13.5 Å². The van der Waals surface area contributed by atoms with E-state index in [1.165, 1.54) is 5.56 Å². The van der Waals surface area contributed by atoms with E-state index in [4.69, 9.17) is 9.97 Å². The second-order valence-corrected chi connectivity index (χ2v) is 11.9. The number of rotatable bonds is 5. The third kappa shape index (κ3) is 4.61. The van der Waals surface area contributed by atoms with Gasteiger partial charge in [0.05, 0.1) is 50.8 Å². The fourth-order valence-corrected chi connectivity index (χ4v) is 6.85. The predicted molar refractivity (Wildman–Crippen MR) is 172 cm³/mol. The second-order valence-electron chi connectivity index (χ2n) is 11.9. The van der Waals surface area contributed by atoms with Gasteiger partial charge in [-0.2, -0.15) is 0 Å². The second kappa shape index (κ2) is 10.3. The van der Waals surface area contributed by atoms with Crippen LogP contribution >= 0.6 is 0 Å². The quantitative estimate of drug-likeness (QED) is 0.235. The summed E-state index contributed by atoms with van der Waals surface area (Å²) < 4.78 is 4.00. The molecular weight excluding hydrogens is 532 g/mol. The lowest BCUT2D eigenvalue weighted by atomic mass is 9.82. The minimum Gasteiger partial charge on any atom is -0.334 e. The average molecular weight is 565 g/mol. The van der Waals surface area contributed by atoms with Gasteiger partial charge in [0.2, 0.25) is 0 Å². The summed E-state index contributed by atoms with van der Waals surface area (Å²) in [6.07, 6.45) is 7.17. The van der Waals surface area contributed by atoms with Crippen LogP contribution in [0.4, 0.5) is 0 Å². The molecule has 1 saturated carbocycles. The third-order valence-corrected chi connectivity index (χ3v) is 9.11. The van der Waals surface area contributed by atoms with Crippen molar-refractivity contribution in [3.63, 3.8) is 0 Å². The Hall–Kier alpha value is -5.04. The number of aryl methyl sites for hydroxylation is 1. The summed E-state index contributed by atoms with van der Waals surface area (Å²) in [6.45, 7) is 0. The Bertz CT molecular complexity index is 2150. The van der Waals surface area contributed by atoms with Crippen molar-refractivity contribution < 1.29 is 0 Å². The Morgan fingerprint density at radius 3 is 2.19 bits per heavy atom. The number of hydrogen-bond acceptors (Lipinski definition) is 4. The number of H-pyrrole nitrogens is 1. The highest BCUT2D eigenvalue weighted by Gasteiger charge is 2.25. The lowest BCUT2D eigenvalue weighted by Crippen LogP contribution is -2.26. The van der Waals surface area contributed by atoms with E-state index in [1.54, 1.807) is 0 Å². The van der Waals surface area contributed by atoms with E-state index < -0.39 is 0 Å². The van der Waals surface area contributed by atoms with Gasteiger partial charge in [-0.15, -0.1) is 0 Å². The highest BCUT2D eigenvalue weighted by atomic mass is 16.1. The van der Waals surface area contributed by atoms with Crippen LogP contribution < -0.4 is 5.69 Å². The van der Waals surface area contributed by atoms with Gasteiger partial charge in [-0.3, -0.25) is 4.57 Å². The fourth-order valence-electron chi connectivity index (χ4n) is 6.85. The van der Waals surface area contributed by atoms with Gasteiger partial charge in [-0.05, 0) is 67.9 Å². The highest BCUT2D eigenvalue weighted by Crippen LogP contribution is 2.36. The molecule has 1 aliphatic carbocycles. The van der Waals surface area contributed by atoms with E-state index >= 15 is 0 Å². The summed E-state index contributed by atoms with van der Waals surface area (Å²) in [7, 11) is 2.00. The van der Waals surface area contributed by atoms with E-state index in [1.807, 2.05) is 71.0 Å². The number of hydrogen-bond donors (Lipinski definition) is 1. The monoisotopic (exact) mass is 564 g/mol. The first kappa shape index (κ1) is 25.7. The molecule has 43 heavy (non-hydrogen) atoms. The molecule has 7 aromatic rings. The number of benzene rings is 4. The zero-order chi connectivity index (χ0) is 28.9. The van der Waals surface area contributed by atoms with Crippen molar-refractivity contribution >= 4 is 33.1 Å². The van der Waals surface area contributed by atoms with Crippen LogP contribution in [0.1, 0.15) is 37.3 Å². The number of imidazole rings is 2. The fraction of sp³-hybridized carbons (Fsp3) is 0.222. The summed E-state index contributed by atoms with van der Waals surface area (Å²) in [6, 6.07) is 31.5. The van der Waals surface area contributed by atoms with Crippen molar-refractivity contribution in [3.8, 4) is 22.5 Å². The van der Waals surface area contributed by atoms with E-state index in [2.05, 4.69) is 52.4 Å². The van der Waals surface area contributed by atoms with E-state index in [0.29, 0.717) is 5.92 Å². The molecule has 0 saturated heterocycles. The van der Waals surface area contributed by atoms with Crippen molar-refractivity contribution in [2.75, 3.05) is 0 Å². The lowest BCUT2D eigenvalue weighted by Gasteiger charge is -2.29. The van der Waals surface area contributed by atoms with Crippen molar-refractivity contribution in [2.45, 2.75) is 38.1 Å². The SMILES string of the molecule is Cn1cnc2cc3nc(-c4ccccc4)c(-c4ccc(CC5CCC(n6c(=O)[nH]c7ccccc76)CC5)cc4)nc3cc21. The molecule has 7 nitrogen and oxygen atoms in total. The molecule has 212 valence electrons. The van der Waals surface area contributed by atoms with Crippen LogP contribution in [0.5, 0.6) is 0 Å². The molecule has 0 unspecified atom stereocenters. The molecule has 4 aromatic carbocycles. The molecule has 1 aliphatic rings. The number of nitrogens with one attached hydrogen (secondary N) is 1. The van der Waals surface area contributed by atoms with E-state index in [9.17, 15) is 4.79 Å². The topological polar surface area (TPSA) is 81.4 Å². The standard InChI is InChI=1S/C36H32N6O/c1-41-22-37-31-20-29-30(21-33(31)41)39-35(34(38-29)25-7-3-2-4-8-25)26-15-11-23(12-16-26)19-24-13-17-27(18-14-24)42-32-10-6-5-9-28(32)40-36(42)43/h2-12,15-16,20-22,24,27H,13-14,17-19H2,1H3,(H,40,43). The van der Waals surface area contributed by atoms with Crippen molar-refractivity contribution in [3.05, 3.63) is 113 Å². The zero-order valence-electron chi connectivity index (χ0n) is 24.1. The number of para-hydroxylation sites is 2. The van der Waals surface area contributed by atoms with Crippen molar-refractivity contribution in [2.24, 2.45) is 13.0 Å². The first-order valence-corrected chi connectivity index (χ1v) is 15.1. The molecule has 0 spiro atoms. The van der Waals surface area contributed by atoms with Gasteiger partial charge in [-0.1, -0.05) is 66.7 Å². The molecule has 0 atom stereocenters. The minimum atomic E-state index is 0.0108. The Kier molecular flexibility index (Phi) is 6.17. The molecule has 0 bridgehead atoms. The predicted octanol–water partition coefficient (Wildman–Crippen LogP) is 7.47. The van der Waals surface area contributed by atoms with Gasteiger partial charge >= 0.3 is 5.69 Å². The molecule has 7 heteroatoms. The lowest BCUT2D eigenvalue weighted by molar-refractivity contribution is 0.274. The Morgan fingerprint density at radius 1 is 0.744 bits per heavy atom. The van der Waals surface area contributed by atoms with Gasteiger partial charge in [-0.25, -0.2) is 19.7 Å². The normalized spacial score (nSPS) is 17.2. The van der Waals surface area contributed by atoms with E-state index in [-0.39, 0.29) is 11.7 Å². The Labute approximate surface area is 248 Å². The van der Waals surface area contributed by atoms with Crippen LogP contribution in [0, 0.1) is 5.92 Å². The van der Waals surface area contributed by atoms with Crippen LogP contribution in [0.15, 0.2) is 102 Å². The van der Waals surface area contributed by atoms with Gasteiger partial charge in [0.15, 0.2) is 0 Å². The number of aromatic amines is 1. The molecule has 0 aliphatic heterocycles. The van der Waals surface area contributed by atoms with Crippen LogP contribution in [0.3, 0.4) is 0 Å². The van der Waals surface area contributed by atoms with Gasteiger partial charge in [0.25, 0.3) is 0 Å². The molecule has 3 aromatic heterocycles. The third-order valence-electron chi connectivity index (χ3n) is 9.11. The summed E-state index contributed by atoms with van der Waals surface area (Å²) in [4.78, 5) is 30.5. The Balaban J connectivity index is 1.05. The van der Waals surface area contributed by atoms with Crippen LogP contribution in [0.2, 0.25) is 0 Å². The summed E-state index contributed by atoms with van der Waals surface area (Å²) in [5, 5.41) is 0. The van der Waals surface area contributed by atoms with Crippen LogP contribution in [0.25, 0.3) is 55.6 Å². The molecule has 8 rings (SSSR count). The number of nitrogens with zero attached hydrogens (tertiary/aromatic N) is 5. The summed E-state index contributed by atoms with van der Waals surface area (Å²) in [5.74, 6) is 0.615. The molecule has 1 N–H and O–H groups in total. The first-order valence-electron chi connectivity index (χ1n) is 15.1. The molecule has 1 fully saturated rings. The van der Waals surface area contributed by atoms with Crippen LogP contribution in [-0.4, -0.2) is 29.1 Å². The Morgan fingerprint density at radius 2 is 1.42 bits per heavy atom. The molecular formula is C36H32N6O. The van der Waals surface area contributed by atoms with Gasteiger partial charge in [0.1, 0.15) is 0 Å². The molecule has 0 radical (unpaired) electrons. The highest BCUT2D eigenvalue weighted by molar-refractivity contribution is 5.94. The first-order chi connectivity index (χ1) is 21.1. The minimum absolute atomic E-state index is 0.0108. The van der Waals surface area contributed by atoms with Gasteiger partial charge in [0, 0.05) is 24.2 Å². The maximum atomic E-state index is 12.7. The number of fused-ring (bicyclic) bond motifs is 3. The number of aromatic nitrogens is 6. The molecule has 3 heterocycles. The van der Waals surface area contributed by atoms with Crippen molar-refractivity contribution in [1.29, 1.82) is 0 Å². The smallest absolute Gasteiger partial charge is 0.326 e. The maximum Gasteiger partial charge on any atom is 0.326 e. The summed E-state index contributed by atoms with van der Waals surface area (Å²) >= 11 is 0. The molecule has 0 amide bonds. The largest absolute Gasteiger partial charge is 0.334 e. The zero-order valence-corrected chi connectivity index (χ0v) is 24.1. The maximum absolute atomic E-state index is 12.7. The van der Waals surface area contributed by atoms with E-state index in [0.717, 1.165) is 87.7 Å².